The van der Waals surface area contributed by atoms with E-state index < -0.39 is 0 Å². The van der Waals surface area contributed by atoms with E-state index in [-0.39, 0.29) is 12.5 Å². The van der Waals surface area contributed by atoms with Crippen molar-refractivity contribution in [1.29, 1.82) is 0 Å². The molecule has 4 nitrogen and oxygen atoms in total. The second kappa shape index (κ2) is 7.50. The molecule has 0 heterocycles. The molecular formula is C7H15NO3. The maximum Gasteiger partial charge on any atom is 0.243 e. The van der Waals surface area contributed by atoms with Crippen molar-refractivity contribution in [2.24, 2.45) is 0 Å². The predicted molar refractivity (Wildman–Crippen MR) is 40.1 cm³/mol. The Morgan fingerprint density at radius 1 is 1.18 bits per heavy atom. The van der Waals surface area contributed by atoms with Crippen molar-refractivity contribution in [2.45, 2.75) is 32.1 Å². The maximum atomic E-state index is 10.4. The average Bonchev–Trinajstić information content (AvgIpc) is 2.04. The number of nitrogens with one attached hydrogen (secondary N) is 1. The molecule has 0 aliphatic rings. The largest absolute Gasteiger partial charge is 0.396 e. The zero-order chi connectivity index (χ0) is 8.53. The third-order valence-electron chi connectivity index (χ3n) is 1.44. The highest BCUT2D eigenvalue weighted by molar-refractivity contribution is 5.74. The maximum absolute atomic E-state index is 10.4. The zero-order valence-corrected chi connectivity index (χ0v) is 6.55. The Hall–Kier alpha value is -0.610. The summed E-state index contributed by atoms with van der Waals surface area (Å²) in [6, 6.07) is 0. The van der Waals surface area contributed by atoms with Gasteiger partial charge in [-0.15, -0.1) is 0 Å². The van der Waals surface area contributed by atoms with Gasteiger partial charge in [-0.1, -0.05) is 12.8 Å². The van der Waals surface area contributed by atoms with Crippen LogP contribution in [0.15, 0.2) is 0 Å². The van der Waals surface area contributed by atoms with Gasteiger partial charge in [0.2, 0.25) is 5.91 Å². The number of unbranched alkanes of at least 4 members (excludes halogenated alkanes) is 3. The summed E-state index contributed by atoms with van der Waals surface area (Å²) in [6.07, 6.45) is 3.79. The fourth-order valence-corrected chi connectivity index (χ4v) is 0.807. The van der Waals surface area contributed by atoms with Crippen LogP contribution in [0.3, 0.4) is 0 Å². The van der Waals surface area contributed by atoms with Crippen LogP contribution >= 0.6 is 0 Å². The summed E-state index contributed by atoms with van der Waals surface area (Å²) < 4.78 is 0. The minimum absolute atomic E-state index is 0.214. The quantitative estimate of drug-likeness (QED) is 0.300. The SMILES string of the molecule is O=C(CCCCCCO)NO. The molecule has 0 radical (unpaired) electrons. The molecule has 66 valence electrons. The first kappa shape index (κ1) is 10.4. The fraction of sp³-hybridized carbons (Fsp3) is 0.857. The van der Waals surface area contributed by atoms with Crippen LogP contribution in [-0.4, -0.2) is 22.8 Å². The molecule has 0 aromatic carbocycles. The molecule has 0 saturated carbocycles. The van der Waals surface area contributed by atoms with E-state index in [0.29, 0.717) is 6.42 Å². The van der Waals surface area contributed by atoms with Crippen molar-refractivity contribution < 1.29 is 15.1 Å². The molecule has 0 atom stereocenters. The van der Waals surface area contributed by atoms with Crippen LogP contribution in [0.4, 0.5) is 0 Å². The first-order chi connectivity index (χ1) is 5.31. The number of rotatable bonds is 6. The van der Waals surface area contributed by atoms with E-state index in [2.05, 4.69) is 0 Å². The third kappa shape index (κ3) is 7.29. The van der Waals surface area contributed by atoms with Crippen molar-refractivity contribution in [1.82, 2.24) is 5.48 Å². The normalized spacial score (nSPS) is 9.64. The highest BCUT2D eigenvalue weighted by Crippen LogP contribution is 2.01. The summed E-state index contributed by atoms with van der Waals surface area (Å²) in [6.45, 7) is 0.214. The molecule has 0 aliphatic carbocycles. The van der Waals surface area contributed by atoms with E-state index >= 15 is 0 Å². The Labute approximate surface area is 66.2 Å². The number of hydrogen-bond acceptors (Lipinski definition) is 3. The van der Waals surface area contributed by atoms with Gasteiger partial charge in [-0.3, -0.25) is 10.0 Å². The summed E-state index contributed by atoms with van der Waals surface area (Å²) in [7, 11) is 0. The Balaban J connectivity index is 2.95. The smallest absolute Gasteiger partial charge is 0.243 e. The van der Waals surface area contributed by atoms with E-state index in [1.165, 1.54) is 0 Å². The minimum atomic E-state index is -0.339. The van der Waals surface area contributed by atoms with E-state index in [1.807, 2.05) is 0 Å². The lowest BCUT2D eigenvalue weighted by molar-refractivity contribution is -0.129. The van der Waals surface area contributed by atoms with Crippen molar-refractivity contribution >= 4 is 5.91 Å². The van der Waals surface area contributed by atoms with Crippen LogP contribution in [0.5, 0.6) is 0 Å². The molecule has 3 N–H and O–H groups in total. The average molecular weight is 161 g/mol. The molecule has 0 aromatic heterocycles. The third-order valence-corrected chi connectivity index (χ3v) is 1.44. The number of carbonyl (C=O) groups excluding carboxylic acids is 1. The number of carbonyl (C=O) groups is 1. The van der Waals surface area contributed by atoms with Crippen LogP contribution in [-0.2, 0) is 4.79 Å². The van der Waals surface area contributed by atoms with Gasteiger partial charge in [0.05, 0.1) is 0 Å². The lowest BCUT2D eigenvalue weighted by Crippen LogP contribution is -2.17. The molecule has 0 unspecified atom stereocenters. The van der Waals surface area contributed by atoms with E-state index in [4.69, 9.17) is 10.3 Å². The second-order valence-electron chi connectivity index (χ2n) is 2.42. The lowest BCUT2D eigenvalue weighted by atomic mass is 10.1. The van der Waals surface area contributed by atoms with Gasteiger partial charge >= 0.3 is 0 Å². The molecule has 1 amide bonds. The van der Waals surface area contributed by atoms with Gasteiger partial charge in [0.15, 0.2) is 0 Å². The summed E-state index contributed by atoms with van der Waals surface area (Å²) in [4.78, 5) is 10.4. The van der Waals surface area contributed by atoms with Crippen LogP contribution in [0, 0.1) is 0 Å². The molecule has 0 spiro atoms. The Morgan fingerprint density at radius 3 is 2.36 bits per heavy atom. The van der Waals surface area contributed by atoms with Crippen molar-refractivity contribution in [3.8, 4) is 0 Å². The van der Waals surface area contributed by atoms with Gasteiger partial charge < -0.3 is 5.11 Å². The first-order valence-electron chi connectivity index (χ1n) is 3.85. The number of hydrogen-bond donors (Lipinski definition) is 3. The molecule has 4 heteroatoms. The van der Waals surface area contributed by atoms with Gasteiger partial charge in [-0.2, -0.15) is 0 Å². The number of amides is 1. The number of aliphatic hydroxyl groups excluding tert-OH is 1. The van der Waals surface area contributed by atoms with Gasteiger partial charge in [0.1, 0.15) is 0 Å². The van der Waals surface area contributed by atoms with E-state index in [9.17, 15) is 4.79 Å². The topological polar surface area (TPSA) is 69.6 Å². The van der Waals surface area contributed by atoms with Crippen molar-refractivity contribution in [3.63, 3.8) is 0 Å². The standard InChI is InChI=1S/C7H15NO3/c9-6-4-2-1-3-5-7(10)8-11/h9,11H,1-6H2,(H,8,10). The zero-order valence-electron chi connectivity index (χ0n) is 6.55. The summed E-state index contributed by atoms with van der Waals surface area (Å²) in [5, 5.41) is 16.5. The molecule has 0 rings (SSSR count). The molecule has 0 aromatic rings. The molecule has 11 heavy (non-hydrogen) atoms. The van der Waals surface area contributed by atoms with Crippen molar-refractivity contribution in [3.05, 3.63) is 0 Å². The highest BCUT2D eigenvalue weighted by atomic mass is 16.5. The number of hydroxylamine groups is 1. The van der Waals surface area contributed by atoms with E-state index in [0.717, 1.165) is 25.7 Å². The molecular weight excluding hydrogens is 146 g/mol. The Morgan fingerprint density at radius 2 is 1.82 bits per heavy atom. The monoisotopic (exact) mass is 161 g/mol. The molecule has 0 fully saturated rings. The molecule has 0 saturated heterocycles. The van der Waals surface area contributed by atoms with Gasteiger partial charge in [-0.25, -0.2) is 5.48 Å². The minimum Gasteiger partial charge on any atom is -0.396 e. The molecule has 0 aliphatic heterocycles. The summed E-state index contributed by atoms with van der Waals surface area (Å²) in [5.41, 5.74) is 1.57. The van der Waals surface area contributed by atoms with Crippen molar-refractivity contribution in [2.75, 3.05) is 6.61 Å². The van der Waals surface area contributed by atoms with Crippen LogP contribution in [0.25, 0.3) is 0 Å². The fourth-order valence-electron chi connectivity index (χ4n) is 0.807. The van der Waals surface area contributed by atoms with Gasteiger partial charge in [-0.05, 0) is 12.8 Å². The van der Waals surface area contributed by atoms with Gasteiger partial charge in [0, 0.05) is 13.0 Å². The Kier molecular flexibility index (Phi) is 7.08. The first-order valence-corrected chi connectivity index (χ1v) is 3.85. The summed E-state index contributed by atoms with van der Waals surface area (Å²) >= 11 is 0. The van der Waals surface area contributed by atoms with Crippen LogP contribution in [0.2, 0.25) is 0 Å². The number of aliphatic hydroxyl groups is 1. The lowest BCUT2D eigenvalue weighted by Gasteiger charge is -1.97. The van der Waals surface area contributed by atoms with Crippen LogP contribution in [0.1, 0.15) is 32.1 Å². The predicted octanol–water partition coefficient (Wildman–Crippen LogP) is 0.435. The second-order valence-corrected chi connectivity index (χ2v) is 2.42. The summed E-state index contributed by atoms with van der Waals surface area (Å²) in [5.74, 6) is -0.339. The van der Waals surface area contributed by atoms with E-state index in [1.54, 1.807) is 5.48 Å². The highest BCUT2D eigenvalue weighted by Gasteiger charge is 1.97. The Bertz CT molecular complexity index is 106. The van der Waals surface area contributed by atoms with Crippen LogP contribution < -0.4 is 5.48 Å². The van der Waals surface area contributed by atoms with Gasteiger partial charge in [0.25, 0.3) is 0 Å². The molecule has 0 bridgehead atoms.